The molecule has 3 nitrogen and oxygen atoms in total. The van der Waals surface area contributed by atoms with Gasteiger partial charge in [-0.1, -0.05) is 0 Å². The van der Waals surface area contributed by atoms with E-state index in [-0.39, 0.29) is 0 Å². The number of hydrogen-bond donors (Lipinski definition) is 2. The number of aliphatic hydroxyl groups excluding tert-OH is 2. The zero-order valence-corrected chi connectivity index (χ0v) is 5.50. The zero-order valence-electron chi connectivity index (χ0n) is 5.50. The van der Waals surface area contributed by atoms with E-state index in [4.69, 9.17) is 10.2 Å². The van der Waals surface area contributed by atoms with Crippen LogP contribution in [0.5, 0.6) is 0 Å². The van der Waals surface area contributed by atoms with Crippen LogP contribution in [0.25, 0.3) is 0 Å². The molecule has 0 saturated heterocycles. The van der Waals surface area contributed by atoms with Gasteiger partial charge in [-0.15, -0.1) is 0 Å². The van der Waals surface area contributed by atoms with Gasteiger partial charge in [0.05, 0.1) is 12.5 Å². The van der Waals surface area contributed by atoms with Gasteiger partial charge >= 0.3 is 0 Å². The fraction of sp³-hybridized carbons (Fsp3) is 1.00. The highest BCUT2D eigenvalue weighted by Crippen LogP contribution is 1.92. The van der Waals surface area contributed by atoms with Gasteiger partial charge in [-0.25, -0.2) is 0 Å². The third-order valence-electron chi connectivity index (χ3n) is 1.18. The van der Waals surface area contributed by atoms with Crippen molar-refractivity contribution in [3.05, 3.63) is 0 Å². The monoisotopic (exact) mass is 117 g/mol. The standard InChI is InChI=1S/C4H12BNO2/c1-3(7)6(5)4(2)8/h3-4,7-8H,5H2,1-2H3. The first-order chi connectivity index (χ1) is 3.55. The van der Waals surface area contributed by atoms with E-state index in [1.165, 1.54) is 4.81 Å². The average molecular weight is 117 g/mol. The molecular formula is C4H12BNO2. The molecule has 0 aliphatic rings. The minimum absolute atomic E-state index is 0.574. The highest BCUT2D eigenvalue weighted by molar-refractivity contribution is 6.04. The van der Waals surface area contributed by atoms with Crippen LogP contribution in [-0.4, -0.2) is 35.5 Å². The van der Waals surface area contributed by atoms with Crippen molar-refractivity contribution in [3.63, 3.8) is 0 Å². The first kappa shape index (κ1) is 7.94. The maximum absolute atomic E-state index is 8.76. The molecule has 8 heavy (non-hydrogen) atoms. The van der Waals surface area contributed by atoms with Crippen LogP contribution in [-0.2, 0) is 0 Å². The summed E-state index contributed by atoms with van der Waals surface area (Å²) in [5, 5.41) is 17.5. The van der Waals surface area contributed by atoms with Gasteiger partial charge in [0, 0.05) is 0 Å². The third-order valence-corrected chi connectivity index (χ3v) is 1.18. The quantitative estimate of drug-likeness (QED) is 0.342. The van der Waals surface area contributed by atoms with E-state index in [9.17, 15) is 0 Å². The van der Waals surface area contributed by atoms with Crippen molar-refractivity contribution >= 4 is 7.98 Å². The molecule has 0 rings (SSSR count). The minimum atomic E-state index is -0.574. The van der Waals surface area contributed by atoms with Crippen LogP contribution in [0.1, 0.15) is 13.8 Å². The Balaban J connectivity index is 3.46. The van der Waals surface area contributed by atoms with Crippen molar-refractivity contribution in [2.24, 2.45) is 0 Å². The second-order valence-electron chi connectivity index (χ2n) is 1.93. The predicted octanol–water partition coefficient (Wildman–Crippen LogP) is -1.49. The Morgan fingerprint density at radius 3 is 1.50 bits per heavy atom. The summed E-state index contributed by atoms with van der Waals surface area (Å²) < 4.78 is 0. The molecule has 2 unspecified atom stereocenters. The molecule has 0 saturated carbocycles. The normalized spacial score (nSPS) is 18.6. The number of rotatable bonds is 2. The molecule has 0 amide bonds. The summed E-state index contributed by atoms with van der Waals surface area (Å²) in [5.74, 6) is 0. The summed E-state index contributed by atoms with van der Waals surface area (Å²) >= 11 is 0. The van der Waals surface area contributed by atoms with E-state index in [2.05, 4.69) is 0 Å². The Morgan fingerprint density at radius 1 is 1.25 bits per heavy atom. The minimum Gasteiger partial charge on any atom is -0.380 e. The van der Waals surface area contributed by atoms with Crippen LogP contribution in [0.2, 0.25) is 0 Å². The van der Waals surface area contributed by atoms with Crippen molar-refractivity contribution < 1.29 is 10.2 Å². The Labute approximate surface area is 50.4 Å². The highest BCUT2D eigenvalue weighted by atomic mass is 16.3. The summed E-state index contributed by atoms with van der Waals surface area (Å²) in [7, 11) is 1.65. The van der Waals surface area contributed by atoms with E-state index < -0.39 is 12.5 Å². The smallest absolute Gasteiger partial charge is 0.191 e. The highest BCUT2D eigenvalue weighted by Gasteiger charge is 2.07. The summed E-state index contributed by atoms with van der Waals surface area (Å²) in [6, 6.07) is 0. The van der Waals surface area contributed by atoms with E-state index >= 15 is 0 Å². The van der Waals surface area contributed by atoms with Crippen molar-refractivity contribution in [1.82, 2.24) is 4.81 Å². The van der Waals surface area contributed by atoms with Crippen LogP contribution in [0, 0.1) is 0 Å². The van der Waals surface area contributed by atoms with E-state index in [0.717, 1.165) is 0 Å². The topological polar surface area (TPSA) is 43.7 Å². The fourth-order valence-corrected chi connectivity index (χ4v) is 0.312. The molecule has 0 fully saturated rings. The molecule has 2 N–H and O–H groups in total. The Hall–Kier alpha value is -0.0551. The second kappa shape index (κ2) is 3.07. The maximum Gasteiger partial charge on any atom is 0.191 e. The summed E-state index contributed by atoms with van der Waals surface area (Å²) in [5.41, 5.74) is 0. The molecule has 48 valence electrons. The van der Waals surface area contributed by atoms with Gasteiger partial charge in [-0.3, -0.25) is 0 Å². The lowest BCUT2D eigenvalue weighted by Crippen LogP contribution is -2.37. The van der Waals surface area contributed by atoms with Crippen LogP contribution in [0.3, 0.4) is 0 Å². The largest absolute Gasteiger partial charge is 0.380 e. The summed E-state index contributed by atoms with van der Waals surface area (Å²) in [4.78, 5) is 1.44. The lowest BCUT2D eigenvalue weighted by atomic mass is 10.3. The van der Waals surface area contributed by atoms with Gasteiger partial charge in [0.15, 0.2) is 7.98 Å². The molecule has 0 aromatic carbocycles. The van der Waals surface area contributed by atoms with Crippen LogP contribution in [0.15, 0.2) is 0 Å². The Kier molecular flexibility index (Phi) is 3.05. The van der Waals surface area contributed by atoms with E-state index in [1.807, 2.05) is 0 Å². The van der Waals surface area contributed by atoms with Crippen LogP contribution < -0.4 is 0 Å². The molecule has 2 atom stereocenters. The number of aliphatic hydroxyl groups is 2. The first-order valence-electron chi connectivity index (χ1n) is 2.63. The lowest BCUT2D eigenvalue weighted by Gasteiger charge is -2.22. The maximum atomic E-state index is 8.76. The molecule has 0 radical (unpaired) electrons. The number of nitrogens with zero attached hydrogens (tertiary/aromatic N) is 1. The summed E-state index contributed by atoms with van der Waals surface area (Å²) in [6.45, 7) is 3.21. The molecule has 0 bridgehead atoms. The fourth-order valence-electron chi connectivity index (χ4n) is 0.312. The summed E-state index contributed by atoms with van der Waals surface area (Å²) in [6.07, 6.45) is -1.15. The van der Waals surface area contributed by atoms with Gasteiger partial charge < -0.3 is 15.0 Å². The van der Waals surface area contributed by atoms with Crippen molar-refractivity contribution in [3.8, 4) is 0 Å². The molecule has 4 heteroatoms. The van der Waals surface area contributed by atoms with E-state index in [0.29, 0.717) is 0 Å². The van der Waals surface area contributed by atoms with Crippen LogP contribution in [0.4, 0.5) is 0 Å². The second-order valence-corrected chi connectivity index (χ2v) is 1.93. The van der Waals surface area contributed by atoms with Crippen molar-refractivity contribution in [2.45, 2.75) is 26.3 Å². The van der Waals surface area contributed by atoms with Crippen molar-refractivity contribution in [2.75, 3.05) is 0 Å². The molecular weight excluding hydrogens is 105 g/mol. The Morgan fingerprint density at radius 2 is 1.50 bits per heavy atom. The van der Waals surface area contributed by atoms with Gasteiger partial charge in [-0.05, 0) is 13.8 Å². The average Bonchev–Trinajstić information content (AvgIpc) is 1.64. The van der Waals surface area contributed by atoms with Gasteiger partial charge in [0.1, 0.15) is 0 Å². The zero-order chi connectivity index (χ0) is 6.73. The van der Waals surface area contributed by atoms with Crippen molar-refractivity contribution in [1.29, 1.82) is 0 Å². The van der Waals surface area contributed by atoms with Gasteiger partial charge in [-0.2, -0.15) is 0 Å². The first-order valence-corrected chi connectivity index (χ1v) is 2.63. The molecule has 0 aliphatic carbocycles. The van der Waals surface area contributed by atoms with Crippen LogP contribution >= 0.6 is 0 Å². The van der Waals surface area contributed by atoms with Gasteiger partial charge in [0.25, 0.3) is 0 Å². The molecule has 0 spiro atoms. The van der Waals surface area contributed by atoms with E-state index in [1.54, 1.807) is 21.8 Å². The molecule has 0 aromatic rings. The lowest BCUT2D eigenvalue weighted by molar-refractivity contribution is -0.0237. The number of hydrogen-bond acceptors (Lipinski definition) is 3. The Bertz CT molecular complexity index is 59.1. The van der Waals surface area contributed by atoms with Gasteiger partial charge in [0.2, 0.25) is 0 Å². The molecule has 0 aromatic heterocycles. The molecule has 0 aliphatic heterocycles. The third kappa shape index (κ3) is 2.30. The SMILES string of the molecule is BN(C(C)O)C(C)O. The molecule has 0 heterocycles. The predicted molar refractivity (Wildman–Crippen MR) is 33.7 cm³/mol.